The zero-order valence-corrected chi connectivity index (χ0v) is 10.7. The van der Waals surface area contributed by atoms with Crippen LogP contribution in [0.1, 0.15) is 44.5 Å². The molecule has 0 aliphatic heterocycles. The van der Waals surface area contributed by atoms with Gasteiger partial charge in [0.05, 0.1) is 11.4 Å². The number of anilines is 1. The van der Waals surface area contributed by atoms with Gasteiger partial charge in [-0.05, 0) is 38.5 Å². The maximum Gasteiger partial charge on any atom is 0.147 e. The highest BCUT2D eigenvalue weighted by atomic mass is 15.0. The minimum atomic E-state index is 0.475. The molecule has 0 aromatic carbocycles. The lowest BCUT2D eigenvalue weighted by Crippen LogP contribution is -2.19. The van der Waals surface area contributed by atoms with Gasteiger partial charge in [-0.15, -0.1) is 0 Å². The highest BCUT2D eigenvalue weighted by molar-refractivity contribution is 5.40. The maximum absolute atomic E-state index is 4.51. The van der Waals surface area contributed by atoms with Gasteiger partial charge in [0.1, 0.15) is 5.82 Å². The highest BCUT2D eigenvalue weighted by Gasteiger charge is 2.31. The first-order chi connectivity index (χ1) is 7.46. The Morgan fingerprint density at radius 2 is 2.12 bits per heavy atom. The summed E-state index contributed by atoms with van der Waals surface area (Å²) < 4.78 is 0. The van der Waals surface area contributed by atoms with Gasteiger partial charge in [0.2, 0.25) is 0 Å². The van der Waals surface area contributed by atoms with E-state index in [2.05, 4.69) is 29.1 Å². The molecule has 0 saturated heterocycles. The fraction of sp³-hybridized carbons (Fsp3) is 0.692. The van der Waals surface area contributed by atoms with Gasteiger partial charge in [0.15, 0.2) is 0 Å². The number of nitrogens with zero attached hydrogens (tertiary/aromatic N) is 2. The van der Waals surface area contributed by atoms with Crippen LogP contribution in [0, 0.1) is 19.3 Å². The fourth-order valence-corrected chi connectivity index (χ4v) is 2.43. The van der Waals surface area contributed by atoms with Crippen molar-refractivity contribution in [3.63, 3.8) is 0 Å². The van der Waals surface area contributed by atoms with E-state index in [1.807, 2.05) is 20.0 Å². The largest absolute Gasteiger partial charge is 0.366 e. The normalized spacial score (nSPS) is 23.4. The Kier molecular flexibility index (Phi) is 2.87. The Balaban J connectivity index is 2.07. The van der Waals surface area contributed by atoms with Gasteiger partial charge in [0.25, 0.3) is 0 Å². The summed E-state index contributed by atoms with van der Waals surface area (Å²) in [7, 11) is 0. The van der Waals surface area contributed by atoms with Gasteiger partial charge < -0.3 is 5.32 Å². The number of hydrogen-bond donors (Lipinski definition) is 1. The fourth-order valence-electron chi connectivity index (χ4n) is 2.43. The molecule has 0 spiro atoms. The van der Waals surface area contributed by atoms with Gasteiger partial charge in [-0.3, -0.25) is 4.98 Å². The number of nitrogens with one attached hydrogen (secondary N) is 1. The van der Waals surface area contributed by atoms with Gasteiger partial charge in [-0.25, -0.2) is 4.98 Å². The van der Waals surface area contributed by atoms with Crippen molar-refractivity contribution in [3.05, 3.63) is 17.6 Å². The lowest BCUT2D eigenvalue weighted by atomic mass is 9.92. The van der Waals surface area contributed by atoms with Crippen LogP contribution in [0.4, 0.5) is 5.82 Å². The molecule has 0 bridgehead atoms. The second-order valence-electron chi connectivity index (χ2n) is 5.69. The zero-order valence-electron chi connectivity index (χ0n) is 10.7. The molecule has 1 heterocycles. The van der Waals surface area contributed by atoms with Crippen LogP contribution in [0.5, 0.6) is 0 Å². The van der Waals surface area contributed by atoms with Crippen molar-refractivity contribution in [2.24, 2.45) is 5.41 Å². The van der Waals surface area contributed by atoms with Crippen molar-refractivity contribution in [3.8, 4) is 0 Å². The maximum atomic E-state index is 4.51. The molecule has 1 N–H and O–H groups in total. The van der Waals surface area contributed by atoms with Crippen LogP contribution in [-0.2, 0) is 0 Å². The predicted octanol–water partition coefficient (Wildman–Crippen LogP) is 3.08. The van der Waals surface area contributed by atoms with Crippen molar-refractivity contribution in [1.29, 1.82) is 0 Å². The molecule has 1 fully saturated rings. The van der Waals surface area contributed by atoms with E-state index in [1.165, 1.54) is 19.3 Å². The Morgan fingerprint density at radius 1 is 1.38 bits per heavy atom. The number of hydrogen-bond acceptors (Lipinski definition) is 3. The lowest BCUT2D eigenvalue weighted by Gasteiger charge is -2.18. The molecule has 1 atom stereocenters. The third-order valence-electron chi connectivity index (χ3n) is 3.39. The Morgan fingerprint density at radius 3 is 2.75 bits per heavy atom. The smallest absolute Gasteiger partial charge is 0.147 e. The summed E-state index contributed by atoms with van der Waals surface area (Å²) in [6.07, 6.45) is 5.58. The molecule has 3 nitrogen and oxygen atoms in total. The average molecular weight is 219 g/mol. The first kappa shape index (κ1) is 11.4. The van der Waals surface area contributed by atoms with Crippen LogP contribution in [0.3, 0.4) is 0 Å². The van der Waals surface area contributed by atoms with E-state index in [0.717, 1.165) is 17.2 Å². The monoisotopic (exact) mass is 219 g/mol. The van der Waals surface area contributed by atoms with E-state index in [4.69, 9.17) is 0 Å². The molecule has 88 valence electrons. The quantitative estimate of drug-likeness (QED) is 0.830. The van der Waals surface area contributed by atoms with Crippen molar-refractivity contribution in [2.75, 3.05) is 5.32 Å². The zero-order chi connectivity index (χ0) is 11.8. The minimum Gasteiger partial charge on any atom is -0.366 e. The molecule has 2 rings (SSSR count). The second-order valence-corrected chi connectivity index (χ2v) is 5.69. The van der Waals surface area contributed by atoms with Crippen LogP contribution >= 0.6 is 0 Å². The summed E-state index contributed by atoms with van der Waals surface area (Å²) in [6.45, 7) is 8.66. The summed E-state index contributed by atoms with van der Waals surface area (Å²) in [5, 5.41) is 3.53. The van der Waals surface area contributed by atoms with Crippen LogP contribution in [0.2, 0.25) is 0 Å². The van der Waals surface area contributed by atoms with E-state index in [1.54, 1.807) is 0 Å². The molecule has 3 heteroatoms. The van der Waals surface area contributed by atoms with E-state index < -0.39 is 0 Å². The summed E-state index contributed by atoms with van der Waals surface area (Å²) >= 11 is 0. The molecule has 1 aromatic rings. The van der Waals surface area contributed by atoms with Crippen molar-refractivity contribution < 1.29 is 0 Å². The molecular formula is C13H21N3. The molecule has 0 amide bonds. The summed E-state index contributed by atoms with van der Waals surface area (Å²) in [5.41, 5.74) is 2.45. The first-order valence-corrected chi connectivity index (χ1v) is 6.03. The van der Waals surface area contributed by atoms with Gasteiger partial charge in [0, 0.05) is 12.2 Å². The number of rotatable bonds is 2. The van der Waals surface area contributed by atoms with E-state index in [9.17, 15) is 0 Å². The Bertz CT molecular complexity index is 385. The highest BCUT2D eigenvalue weighted by Crippen LogP contribution is 2.38. The van der Waals surface area contributed by atoms with Gasteiger partial charge in [-0.1, -0.05) is 13.8 Å². The summed E-state index contributed by atoms with van der Waals surface area (Å²) in [6, 6.07) is 0.560. The molecule has 1 unspecified atom stereocenters. The molecule has 1 aromatic heterocycles. The summed E-state index contributed by atoms with van der Waals surface area (Å²) in [4.78, 5) is 8.84. The third kappa shape index (κ3) is 2.52. The van der Waals surface area contributed by atoms with Crippen LogP contribution in [-0.4, -0.2) is 16.0 Å². The topological polar surface area (TPSA) is 37.8 Å². The second kappa shape index (κ2) is 4.04. The van der Waals surface area contributed by atoms with Crippen molar-refractivity contribution >= 4 is 5.82 Å². The van der Waals surface area contributed by atoms with Crippen LogP contribution < -0.4 is 5.32 Å². The number of aromatic nitrogens is 2. The van der Waals surface area contributed by atoms with Crippen molar-refractivity contribution in [2.45, 2.75) is 53.0 Å². The predicted molar refractivity (Wildman–Crippen MR) is 66.5 cm³/mol. The first-order valence-electron chi connectivity index (χ1n) is 6.03. The molecule has 1 aliphatic rings. The Labute approximate surface area is 97.7 Å². The van der Waals surface area contributed by atoms with Gasteiger partial charge in [-0.2, -0.15) is 0 Å². The SMILES string of the molecule is Cc1cnc(C)c(NC2CCC(C)(C)C2)n1. The molecular weight excluding hydrogens is 198 g/mol. The molecule has 1 saturated carbocycles. The van der Waals surface area contributed by atoms with E-state index >= 15 is 0 Å². The van der Waals surface area contributed by atoms with Crippen LogP contribution in [0.15, 0.2) is 6.20 Å². The lowest BCUT2D eigenvalue weighted by molar-refractivity contribution is 0.378. The number of aryl methyl sites for hydroxylation is 2. The molecule has 0 radical (unpaired) electrons. The minimum absolute atomic E-state index is 0.475. The molecule has 1 aliphatic carbocycles. The summed E-state index contributed by atoms with van der Waals surface area (Å²) in [5.74, 6) is 0.961. The molecule has 16 heavy (non-hydrogen) atoms. The standard InChI is InChI=1S/C13H21N3/c1-9-8-14-10(2)12(15-9)16-11-5-6-13(3,4)7-11/h8,11H,5-7H2,1-4H3,(H,15,16). The van der Waals surface area contributed by atoms with Crippen LogP contribution in [0.25, 0.3) is 0 Å². The van der Waals surface area contributed by atoms with E-state index in [0.29, 0.717) is 11.5 Å². The van der Waals surface area contributed by atoms with E-state index in [-0.39, 0.29) is 0 Å². The van der Waals surface area contributed by atoms with Gasteiger partial charge >= 0.3 is 0 Å². The Hall–Kier alpha value is -1.12. The average Bonchev–Trinajstić information content (AvgIpc) is 2.52. The third-order valence-corrected chi connectivity index (χ3v) is 3.39. The van der Waals surface area contributed by atoms with Crippen molar-refractivity contribution in [1.82, 2.24) is 9.97 Å².